The summed E-state index contributed by atoms with van der Waals surface area (Å²) in [5.41, 5.74) is 0.967. The molecule has 0 saturated carbocycles. The molecule has 18 heavy (non-hydrogen) atoms. The van der Waals surface area contributed by atoms with E-state index in [1.165, 1.54) is 28.3 Å². The average Bonchev–Trinajstić information content (AvgIpc) is 2.93. The number of hydrogen-bond donors (Lipinski definition) is 0. The first-order valence-corrected chi connectivity index (χ1v) is 5.65. The van der Waals surface area contributed by atoms with Crippen molar-refractivity contribution < 1.29 is 48.8 Å². The maximum absolute atomic E-state index is 11.7. The fraction of sp³-hybridized carbons (Fsp3) is 0.100. The van der Waals surface area contributed by atoms with E-state index in [4.69, 9.17) is 0 Å². The second-order valence-corrected chi connectivity index (χ2v) is 4.43. The molecule has 3 heterocycles. The van der Waals surface area contributed by atoms with Crippen LogP contribution in [0.2, 0.25) is 0 Å². The Balaban J connectivity index is 0.00000120. The van der Waals surface area contributed by atoms with Crippen molar-refractivity contribution in [3.63, 3.8) is 0 Å². The Morgan fingerprint density at radius 3 is 3.00 bits per heavy atom. The molecule has 1 fully saturated rings. The number of carbonyl (C=O) groups excluding carboxylic acids is 2. The quantitative estimate of drug-likeness (QED) is 0.316. The zero-order chi connectivity index (χ0) is 12.0. The van der Waals surface area contributed by atoms with Crippen molar-refractivity contribution in [2.24, 2.45) is 0 Å². The zero-order valence-corrected chi connectivity index (χ0v) is 12.1. The zero-order valence-electron chi connectivity index (χ0n) is 9.32. The maximum atomic E-state index is 11.7. The molecule has 3 rings (SSSR count). The number of carboxylic acid groups (broad SMARTS) is 1. The van der Waals surface area contributed by atoms with Crippen molar-refractivity contribution in [1.29, 1.82) is 0 Å². The number of carboxylic acids is 1. The van der Waals surface area contributed by atoms with Crippen LogP contribution in [0.25, 0.3) is 6.08 Å². The van der Waals surface area contributed by atoms with Gasteiger partial charge < -0.3 is 14.4 Å². The summed E-state index contributed by atoms with van der Waals surface area (Å²) < 4.78 is 4.65. The minimum Gasteiger partial charge on any atom is -0.543 e. The van der Waals surface area contributed by atoms with Crippen LogP contribution in [0.3, 0.4) is 0 Å². The second-order valence-electron chi connectivity index (χ2n) is 3.48. The fourth-order valence-electron chi connectivity index (χ4n) is 1.71. The van der Waals surface area contributed by atoms with Crippen LogP contribution in [0, 0.1) is 0 Å². The van der Waals surface area contributed by atoms with Gasteiger partial charge in [0, 0.05) is 6.07 Å². The van der Waals surface area contributed by atoms with E-state index in [2.05, 4.69) is 9.68 Å². The summed E-state index contributed by atoms with van der Waals surface area (Å²) in [6.45, 7) is 0. The van der Waals surface area contributed by atoms with Gasteiger partial charge >= 0.3 is 29.6 Å². The van der Waals surface area contributed by atoms with E-state index in [0.717, 1.165) is 0 Å². The number of fused-ring (bicyclic) bond motifs is 1. The number of hydrogen-bond acceptors (Lipinski definition) is 6. The largest absolute Gasteiger partial charge is 1.00 e. The third kappa shape index (κ3) is 1.93. The van der Waals surface area contributed by atoms with Gasteiger partial charge in [-0.25, -0.2) is 0 Å². The van der Waals surface area contributed by atoms with E-state index in [9.17, 15) is 14.7 Å². The Kier molecular flexibility index (Phi) is 3.67. The molecule has 2 aliphatic heterocycles. The van der Waals surface area contributed by atoms with Gasteiger partial charge in [-0.05, 0) is 11.5 Å². The predicted octanol–water partition coefficient (Wildman–Crippen LogP) is -3.43. The van der Waals surface area contributed by atoms with Crippen LogP contribution in [0.15, 0.2) is 33.5 Å². The van der Waals surface area contributed by atoms with Crippen molar-refractivity contribution in [3.05, 3.63) is 34.7 Å². The molecule has 86 valence electrons. The van der Waals surface area contributed by atoms with Crippen LogP contribution >= 0.6 is 11.8 Å². The summed E-state index contributed by atoms with van der Waals surface area (Å²) in [6.07, 6.45) is 2.99. The number of β-lactam (4-membered cyclic amide) rings is 1. The predicted molar refractivity (Wildman–Crippen MR) is 55.8 cm³/mol. The Morgan fingerprint density at radius 2 is 2.39 bits per heavy atom. The molecule has 2 aliphatic rings. The van der Waals surface area contributed by atoms with Crippen molar-refractivity contribution in [2.75, 3.05) is 0 Å². The Hall–Kier alpha value is -1.02. The molecule has 1 saturated heterocycles. The van der Waals surface area contributed by atoms with Crippen LogP contribution in [0.5, 0.6) is 0 Å². The van der Waals surface area contributed by atoms with E-state index in [-0.39, 0.29) is 46.5 Å². The number of aromatic nitrogens is 1. The second kappa shape index (κ2) is 4.93. The number of thioether (sulfide) groups is 1. The molecular formula is C10H5N2NaO4S. The van der Waals surface area contributed by atoms with Gasteiger partial charge in [-0.1, -0.05) is 5.16 Å². The third-order valence-electron chi connectivity index (χ3n) is 2.50. The van der Waals surface area contributed by atoms with E-state index in [1.807, 2.05) is 0 Å². The summed E-state index contributed by atoms with van der Waals surface area (Å²) in [6, 6.07) is 1.62. The average molecular weight is 272 g/mol. The monoisotopic (exact) mass is 272 g/mol. The van der Waals surface area contributed by atoms with Crippen molar-refractivity contribution in [1.82, 2.24) is 10.1 Å². The van der Waals surface area contributed by atoms with E-state index in [1.54, 1.807) is 12.1 Å². The molecule has 0 radical (unpaired) electrons. The topological polar surface area (TPSA) is 86.5 Å². The van der Waals surface area contributed by atoms with Gasteiger partial charge in [-0.15, -0.1) is 11.8 Å². The first kappa shape index (κ1) is 13.4. The number of aliphatic carboxylic acids is 1. The van der Waals surface area contributed by atoms with Crippen LogP contribution in [0.4, 0.5) is 0 Å². The SMILES string of the molecule is O=C([O-])C1=CS[C@@H]2/C(=C\c3ccon3)C(=O)N12.[Na+]. The molecule has 0 aromatic carbocycles. The number of carbonyl (C=O) groups is 2. The Morgan fingerprint density at radius 1 is 1.61 bits per heavy atom. The third-order valence-corrected chi connectivity index (χ3v) is 3.59. The number of amides is 1. The minimum absolute atomic E-state index is 0. The smallest absolute Gasteiger partial charge is 0.543 e. The molecule has 1 amide bonds. The first-order chi connectivity index (χ1) is 8.18. The van der Waals surface area contributed by atoms with Gasteiger partial charge in [0.25, 0.3) is 5.91 Å². The standard InChI is InChI=1S/C10H6N2O4S.Na/c13-8-6(3-5-1-2-16-11-5)9-12(8)7(4-17-9)10(14)15;/h1-4,9H,(H,14,15);/q;+1/p-1/b6-3-;/t9-;/m1./s1. The maximum Gasteiger partial charge on any atom is 1.00 e. The van der Waals surface area contributed by atoms with Gasteiger partial charge in [-0.3, -0.25) is 9.69 Å². The van der Waals surface area contributed by atoms with Gasteiger partial charge in [0.05, 0.1) is 17.2 Å². The molecule has 8 heteroatoms. The summed E-state index contributed by atoms with van der Waals surface area (Å²) in [5, 5.41) is 15.5. The van der Waals surface area contributed by atoms with Gasteiger partial charge in [0.1, 0.15) is 17.3 Å². The van der Waals surface area contributed by atoms with Crippen molar-refractivity contribution >= 4 is 29.7 Å². The van der Waals surface area contributed by atoms with Crippen LogP contribution in [0.1, 0.15) is 5.69 Å². The molecule has 0 N–H and O–H groups in total. The number of nitrogens with zero attached hydrogens (tertiary/aromatic N) is 2. The van der Waals surface area contributed by atoms with Crippen molar-refractivity contribution in [3.8, 4) is 0 Å². The van der Waals surface area contributed by atoms with E-state index < -0.39 is 5.97 Å². The summed E-state index contributed by atoms with van der Waals surface area (Å²) in [7, 11) is 0. The van der Waals surface area contributed by atoms with Gasteiger partial charge in [-0.2, -0.15) is 0 Å². The molecular weight excluding hydrogens is 267 g/mol. The Labute approximate surface area is 128 Å². The molecule has 0 aliphatic carbocycles. The number of rotatable bonds is 2. The minimum atomic E-state index is -1.34. The van der Waals surface area contributed by atoms with E-state index >= 15 is 0 Å². The van der Waals surface area contributed by atoms with Crippen LogP contribution in [-0.2, 0) is 9.59 Å². The molecule has 0 bridgehead atoms. The molecule has 1 aromatic heterocycles. The van der Waals surface area contributed by atoms with Gasteiger partial charge in [0.2, 0.25) is 0 Å². The van der Waals surface area contributed by atoms with Gasteiger partial charge in [0.15, 0.2) is 0 Å². The first-order valence-electron chi connectivity index (χ1n) is 4.71. The van der Waals surface area contributed by atoms with Crippen molar-refractivity contribution in [2.45, 2.75) is 5.37 Å². The van der Waals surface area contributed by atoms with Crippen LogP contribution < -0.4 is 34.7 Å². The normalized spacial score (nSPS) is 23.2. The van der Waals surface area contributed by atoms with E-state index in [0.29, 0.717) is 11.3 Å². The summed E-state index contributed by atoms with van der Waals surface area (Å²) in [4.78, 5) is 23.7. The molecule has 0 spiro atoms. The molecule has 1 atom stereocenters. The molecule has 0 unspecified atom stereocenters. The fourth-order valence-corrected chi connectivity index (χ4v) is 2.83. The molecule has 6 nitrogen and oxygen atoms in total. The summed E-state index contributed by atoms with van der Waals surface area (Å²) in [5.74, 6) is -1.67. The molecule has 1 aromatic rings. The summed E-state index contributed by atoms with van der Waals surface area (Å²) >= 11 is 1.26. The Bertz CT molecular complexity index is 566. The van der Waals surface area contributed by atoms with Crippen LogP contribution in [-0.4, -0.2) is 27.3 Å².